The van der Waals surface area contributed by atoms with Crippen LogP contribution in [-0.4, -0.2) is 19.5 Å². The van der Waals surface area contributed by atoms with E-state index in [4.69, 9.17) is 19.4 Å². The molecule has 0 amide bonds. The molecule has 4 heterocycles. The first-order valence-electron chi connectivity index (χ1n) is 17.3. The first kappa shape index (κ1) is 28.5. The number of rotatable bonds is 4. The van der Waals surface area contributed by atoms with E-state index in [9.17, 15) is 0 Å². The van der Waals surface area contributed by atoms with Gasteiger partial charge in [0, 0.05) is 58.6 Å². The lowest BCUT2D eigenvalue weighted by molar-refractivity contribution is 0.571. The molecule has 1 aliphatic rings. The van der Waals surface area contributed by atoms with E-state index in [0.29, 0.717) is 17.5 Å². The van der Waals surface area contributed by atoms with Crippen LogP contribution in [0.4, 0.5) is 0 Å². The van der Waals surface area contributed by atoms with Crippen molar-refractivity contribution in [1.29, 1.82) is 0 Å². The molecule has 4 aromatic heterocycles. The fourth-order valence-electron chi connectivity index (χ4n) is 7.95. The predicted molar refractivity (Wildman–Crippen MR) is 210 cm³/mol. The Kier molecular flexibility index (Phi) is 6.18. The fraction of sp³-hybridized carbons (Fsp3) is 0.0444. The van der Waals surface area contributed by atoms with Gasteiger partial charge in [0.05, 0.1) is 16.4 Å². The highest BCUT2D eigenvalue weighted by molar-refractivity contribution is 7.25. The molecule has 51 heavy (non-hydrogen) atoms. The van der Waals surface area contributed by atoms with E-state index >= 15 is 0 Å². The molecule has 0 spiro atoms. The van der Waals surface area contributed by atoms with Gasteiger partial charge in [-0.15, -0.1) is 11.3 Å². The lowest BCUT2D eigenvalue weighted by atomic mass is 9.99. The fourth-order valence-corrected chi connectivity index (χ4v) is 9.08. The summed E-state index contributed by atoms with van der Waals surface area (Å²) in [5.41, 5.74) is 8.17. The molecule has 10 aromatic rings. The number of benzene rings is 6. The maximum absolute atomic E-state index is 6.70. The largest absolute Gasteiger partial charge is 0.456 e. The minimum atomic E-state index is 0.659. The molecule has 0 atom stereocenters. The van der Waals surface area contributed by atoms with Crippen LogP contribution in [0, 0.1) is 0 Å². The molecule has 6 heteroatoms. The van der Waals surface area contributed by atoms with Gasteiger partial charge >= 0.3 is 0 Å². The molecule has 240 valence electrons. The second kappa shape index (κ2) is 11.1. The van der Waals surface area contributed by atoms with Crippen molar-refractivity contribution >= 4 is 75.9 Å². The van der Waals surface area contributed by atoms with Crippen LogP contribution in [-0.2, 0) is 0 Å². The van der Waals surface area contributed by atoms with Crippen LogP contribution in [0.2, 0.25) is 0 Å². The van der Waals surface area contributed by atoms with E-state index in [1.807, 2.05) is 18.2 Å². The van der Waals surface area contributed by atoms with Crippen LogP contribution in [0.3, 0.4) is 0 Å². The van der Waals surface area contributed by atoms with E-state index in [-0.39, 0.29) is 0 Å². The highest BCUT2D eigenvalue weighted by Crippen LogP contribution is 2.40. The number of nitrogens with zero attached hydrogens (tertiary/aromatic N) is 4. The SMILES string of the molecule is C1=c2oc3ccc4c5ccccc5n(-c5ccccc5)c4c3c2=C(c2nc(-c3ccccc3)nc(-c3cccc4sc5ccccc5c34)n2)CC1. The molecule has 0 unspecified atom stereocenters. The Balaban J connectivity index is 1.28. The third-order valence-electron chi connectivity index (χ3n) is 10.1. The third-order valence-corrected chi connectivity index (χ3v) is 11.3. The Labute approximate surface area is 296 Å². The maximum atomic E-state index is 6.70. The van der Waals surface area contributed by atoms with Gasteiger partial charge in [-0.1, -0.05) is 97.1 Å². The smallest absolute Gasteiger partial charge is 0.164 e. The quantitative estimate of drug-likeness (QED) is 0.187. The Morgan fingerprint density at radius 3 is 2.18 bits per heavy atom. The standard InChI is InChI=1S/C45H28N4OS/c1-3-13-27(14-4-1)43-46-44(32-20-12-24-38-39(32)31-18-8-10-23-37(31)51-38)48-45(47-43)33-19-11-22-35-40(33)41-36(50-35)26-25-30-29-17-7-9-21-34(29)49(42(30)41)28-15-5-2-6-16-28/h1-10,12-18,20-26H,11,19H2. The molecule has 0 aliphatic heterocycles. The van der Waals surface area contributed by atoms with E-state index in [1.54, 1.807) is 11.3 Å². The summed E-state index contributed by atoms with van der Waals surface area (Å²) in [6.07, 6.45) is 3.84. The van der Waals surface area contributed by atoms with Crippen molar-refractivity contribution in [2.24, 2.45) is 0 Å². The summed E-state index contributed by atoms with van der Waals surface area (Å²) in [5.74, 6) is 2.02. The Bertz CT molecular complexity index is 3140. The van der Waals surface area contributed by atoms with E-state index in [1.165, 1.54) is 30.9 Å². The number of fused-ring (bicyclic) bond motifs is 10. The lowest BCUT2D eigenvalue weighted by Crippen LogP contribution is -2.28. The zero-order valence-corrected chi connectivity index (χ0v) is 28.2. The van der Waals surface area contributed by atoms with Crippen molar-refractivity contribution in [2.75, 3.05) is 0 Å². The Hall–Kier alpha value is -6.37. The van der Waals surface area contributed by atoms with Gasteiger partial charge in [0.1, 0.15) is 11.0 Å². The second-order valence-electron chi connectivity index (χ2n) is 13.0. The molecule has 11 rings (SSSR count). The highest BCUT2D eigenvalue weighted by Gasteiger charge is 2.24. The van der Waals surface area contributed by atoms with Crippen LogP contribution in [0.5, 0.6) is 0 Å². The van der Waals surface area contributed by atoms with Crippen LogP contribution in [0.1, 0.15) is 18.7 Å². The molecule has 0 saturated carbocycles. The summed E-state index contributed by atoms with van der Waals surface area (Å²) in [5, 5.41) is 6.95. The Morgan fingerprint density at radius 2 is 1.29 bits per heavy atom. The van der Waals surface area contributed by atoms with Gasteiger partial charge in [-0.05, 0) is 61.4 Å². The van der Waals surface area contributed by atoms with E-state index in [2.05, 4.69) is 132 Å². The molecule has 6 aromatic carbocycles. The summed E-state index contributed by atoms with van der Waals surface area (Å²) >= 11 is 1.80. The number of thiophene rings is 1. The van der Waals surface area contributed by atoms with Crippen molar-refractivity contribution in [3.8, 4) is 28.5 Å². The summed E-state index contributed by atoms with van der Waals surface area (Å²) in [6, 6.07) is 48.9. The molecule has 0 radical (unpaired) electrons. The van der Waals surface area contributed by atoms with Crippen LogP contribution in [0.25, 0.3) is 93.1 Å². The van der Waals surface area contributed by atoms with E-state index < -0.39 is 0 Å². The van der Waals surface area contributed by atoms with Gasteiger partial charge in [-0.2, -0.15) is 0 Å². The molecule has 5 nitrogen and oxygen atoms in total. The first-order chi connectivity index (χ1) is 25.3. The highest BCUT2D eigenvalue weighted by atomic mass is 32.1. The van der Waals surface area contributed by atoms with Crippen LogP contribution in [0.15, 0.2) is 144 Å². The number of hydrogen-bond donors (Lipinski definition) is 0. The van der Waals surface area contributed by atoms with Crippen molar-refractivity contribution in [3.63, 3.8) is 0 Å². The molecular formula is C45H28N4OS. The first-order valence-corrected chi connectivity index (χ1v) is 18.1. The zero-order chi connectivity index (χ0) is 33.5. The summed E-state index contributed by atoms with van der Waals surface area (Å²) < 4.78 is 11.6. The van der Waals surface area contributed by atoms with Crippen molar-refractivity contribution < 1.29 is 4.42 Å². The van der Waals surface area contributed by atoms with Gasteiger partial charge in [-0.25, -0.2) is 15.0 Å². The maximum Gasteiger partial charge on any atom is 0.164 e. The minimum Gasteiger partial charge on any atom is -0.456 e. The average molecular weight is 673 g/mol. The predicted octanol–water partition coefficient (Wildman–Crippen LogP) is 10.2. The Morgan fingerprint density at radius 1 is 0.569 bits per heavy atom. The van der Waals surface area contributed by atoms with Gasteiger partial charge in [0.25, 0.3) is 0 Å². The minimum absolute atomic E-state index is 0.659. The second-order valence-corrected chi connectivity index (χ2v) is 14.1. The summed E-state index contributed by atoms with van der Waals surface area (Å²) in [6.45, 7) is 0. The number of furan rings is 1. The third kappa shape index (κ3) is 4.30. The van der Waals surface area contributed by atoms with Crippen molar-refractivity contribution in [1.82, 2.24) is 19.5 Å². The summed E-state index contributed by atoms with van der Waals surface area (Å²) in [7, 11) is 0. The molecule has 0 N–H and O–H groups in total. The number of para-hydroxylation sites is 2. The van der Waals surface area contributed by atoms with Crippen LogP contribution < -0.4 is 10.6 Å². The molecular weight excluding hydrogens is 645 g/mol. The zero-order valence-electron chi connectivity index (χ0n) is 27.4. The van der Waals surface area contributed by atoms with Crippen LogP contribution >= 0.6 is 11.3 Å². The van der Waals surface area contributed by atoms with Crippen molar-refractivity contribution in [2.45, 2.75) is 12.8 Å². The molecule has 0 saturated heterocycles. The van der Waals surface area contributed by atoms with E-state index in [0.717, 1.165) is 67.9 Å². The van der Waals surface area contributed by atoms with Gasteiger partial charge < -0.3 is 8.98 Å². The number of hydrogen-bond acceptors (Lipinski definition) is 5. The lowest BCUT2D eigenvalue weighted by Gasteiger charge is -2.13. The molecule has 0 bridgehead atoms. The van der Waals surface area contributed by atoms with Gasteiger partial charge in [0.15, 0.2) is 17.5 Å². The average Bonchev–Trinajstić information content (AvgIpc) is 3.88. The van der Waals surface area contributed by atoms with Gasteiger partial charge in [0.2, 0.25) is 0 Å². The monoisotopic (exact) mass is 672 g/mol. The molecule has 0 fully saturated rings. The topological polar surface area (TPSA) is 56.7 Å². The van der Waals surface area contributed by atoms with Crippen molar-refractivity contribution in [3.05, 3.63) is 156 Å². The normalized spacial score (nSPS) is 13.1. The van der Waals surface area contributed by atoms with Gasteiger partial charge in [-0.3, -0.25) is 0 Å². The molecule has 1 aliphatic carbocycles. The summed E-state index contributed by atoms with van der Waals surface area (Å²) in [4.78, 5) is 15.8. The number of aromatic nitrogens is 4.